The number of rotatable bonds is 3. The molecule has 0 spiro atoms. The molecule has 0 aromatic heterocycles. The van der Waals surface area contributed by atoms with Crippen LogP contribution in [-0.4, -0.2) is 23.1 Å². The van der Waals surface area contributed by atoms with Crippen molar-refractivity contribution in [3.63, 3.8) is 0 Å². The molecule has 0 aliphatic heterocycles. The van der Waals surface area contributed by atoms with E-state index in [0.717, 1.165) is 18.2 Å². The minimum atomic E-state index is -0.883. The Balaban J connectivity index is 1.90. The van der Waals surface area contributed by atoms with E-state index in [4.69, 9.17) is 5.11 Å². The molecule has 0 heterocycles. The third kappa shape index (κ3) is 3.43. The highest BCUT2D eigenvalue weighted by molar-refractivity contribution is 5.89. The minimum Gasteiger partial charge on any atom is -0.481 e. The number of hydrogen-bond donors (Lipinski definition) is 3. The van der Waals surface area contributed by atoms with Gasteiger partial charge < -0.3 is 15.7 Å². The number of carbonyl (C=O) groups is 2. The van der Waals surface area contributed by atoms with Gasteiger partial charge in [0.1, 0.15) is 11.6 Å². The Labute approximate surface area is 114 Å². The van der Waals surface area contributed by atoms with Gasteiger partial charge >= 0.3 is 12.0 Å². The third-order valence-corrected chi connectivity index (χ3v) is 3.29. The zero-order valence-electron chi connectivity index (χ0n) is 10.5. The summed E-state index contributed by atoms with van der Waals surface area (Å²) in [5.74, 6) is -2.75. The van der Waals surface area contributed by atoms with Gasteiger partial charge in [-0.1, -0.05) is 0 Å². The zero-order valence-corrected chi connectivity index (χ0v) is 10.5. The van der Waals surface area contributed by atoms with Crippen molar-refractivity contribution in [2.24, 2.45) is 5.92 Å². The maximum atomic E-state index is 13.3. The van der Waals surface area contributed by atoms with E-state index >= 15 is 0 Å². The quantitative estimate of drug-likeness (QED) is 0.797. The monoisotopic (exact) mass is 284 g/mol. The molecule has 0 unspecified atom stereocenters. The number of carbonyl (C=O) groups excluding carboxylic acids is 1. The summed E-state index contributed by atoms with van der Waals surface area (Å²) in [7, 11) is 0. The molecule has 0 radical (unpaired) electrons. The normalized spacial score (nSPS) is 21.5. The first-order valence-electron chi connectivity index (χ1n) is 6.21. The second-order valence-corrected chi connectivity index (χ2v) is 4.77. The van der Waals surface area contributed by atoms with Crippen LogP contribution in [0.4, 0.5) is 19.3 Å². The van der Waals surface area contributed by atoms with E-state index in [0.29, 0.717) is 19.3 Å². The van der Waals surface area contributed by atoms with Crippen LogP contribution < -0.4 is 10.6 Å². The van der Waals surface area contributed by atoms with E-state index in [-0.39, 0.29) is 11.7 Å². The summed E-state index contributed by atoms with van der Waals surface area (Å²) in [6, 6.07) is 1.80. The number of carboxylic acids is 1. The van der Waals surface area contributed by atoms with Crippen LogP contribution >= 0.6 is 0 Å². The Bertz CT molecular complexity index is 536. The van der Waals surface area contributed by atoms with Gasteiger partial charge in [0.25, 0.3) is 0 Å². The van der Waals surface area contributed by atoms with E-state index in [1.165, 1.54) is 0 Å². The fourth-order valence-electron chi connectivity index (χ4n) is 2.27. The van der Waals surface area contributed by atoms with Gasteiger partial charge in [-0.15, -0.1) is 0 Å². The summed E-state index contributed by atoms with van der Waals surface area (Å²) in [6.45, 7) is 0. The number of aliphatic carboxylic acids is 1. The highest BCUT2D eigenvalue weighted by Gasteiger charge is 2.30. The molecule has 1 aromatic rings. The molecule has 0 saturated heterocycles. The van der Waals surface area contributed by atoms with Crippen LogP contribution in [0.3, 0.4) is 0 Å². The van der Waals surface area contributed by atoms with Gasteiger partial charge in [0, 0.05) is 12.1 Å². The highest BCUT2D eigenvalue weighted by Crippen LogP contribution is 2.25. The molecule has 1 aliphatic rings. The van der Waals surface area contributed by atoms with Crippen molar-refractivity contribution in [1.82, 2.24) is 5.32 Å². The fraction of sp³-hybridized carbons (Fsp3) is 0.385. The van der Waals surface area contributed by atoms with Crippen molar-refractivity contribution >= 4 is 17.7 Å². The highest BCUT2D eigenvalue weighted by atomic mass is 19.1. The van der Waals surface area contributed by atoms with Crippen LogP contribution in [0.25, 0.3) is 0 Å². The first-order chi connectivity index (χ1) is 9.45. The second-order valence-electron chi connectivity index (χ2n) is 4.77. The Morgan fingerprint density at radius 1 is 1.25 bits per heavy atom. The molecule has 2 amide bonds. The number of amides is 2. The molecule has 2 atom stereocenters. The summed E-state index contributed by atoms with van der Waals surface area (Å²) in [4.78, 5) is 22.4. The van der Waals surface area contributed by atoms with E-state index < -0.39 is 29.6 Å². The Morgan fingerprint density at radius 2 is 2.00 bits per heavy atom. The molecule has 3 N–H and O–H groups in total. The maximum absolute atomic E-state index is 13.3. The Morgan fingerprint density at radius 3 is 2.65 bits per heavy atom. The topological polar surface area (TPSA) is 78.4 Å². The maximum Gasteiger partial charge on any atom is 0.319 e. The molecule has 108 valence electrons. The Hall–Kier alpha value is -2.18. The lowest BCUT2D eigenvalue weighted by Crippen LogP contribution is -2.36. The Kier molecular flexibility index (Phi) is 4.16. The van der Waals surface area contributed by atoms with Gasteiger partial charge in [0.2, 0.25) is 0 Å². The lowest BCUT2D eigenvalue weighted by atomic mass is 10.1. The first-order valence-corrected chi connectivity index (χ1v) is 6.21. The molecule has 0 bridgehead atoms. The van der Waals surface area contributed by atoms with E-state index in [9.17, 15) is 18.4 Å². The second kappa shape index (κ2) is 5.85. The van der Waals surface area contributed by atoms with Gasteiger partial charge in [-0.2, -0.15) is 0 Å². The first kappa shape index (κ1) is 14.2. The van der Waals surface area contributed by atoms with Gasteiger partial charge in [-0.3, -0.25) is 4.79 Å². The predicted octanol–water partition coefficient (Wildman–Crippen LogP) is 2.34. The van der Waals surface area contributed by atoms with Crippen molar-refractivity contribution in [2.75, 3.05) is 5.32 Å². The van der Waals surface area contributed by atoms with Crippen LogP contribution in [-0.2, 0) is 4.79 Å². The van der Waals surface area contributed by atoms with Gasteiger partial charge in [0.15, 0.2) is 0 Å². The third-order valence-electron chi connectivity index (χ3n) is 3.29. The van der Waals surface area contributed by atoms with Gasteiger partial charge in [0.05, 0.1) is 11.6 Å². The molecule has 5 nitrogen and oxygen atoms in total. The van der Waals surface area contributed by atoms with Crippen LogP contribution in [0.2, 0.25) is 0 Å². The van der Waals surface area contributed by atoms with Crippen molar-refractivity contribution in [3.05, 3.63) is 29.8 Å². The summed E-state index contributed by atoms with van der Waals surface area (Å²) >= 11 is 0. The number of hydrogen-bond acceptors (Lipinski definition) is 2. The molecule has 2 rings (SSSR count). The summed E-state index contributed by atoms with van der Waals surface area (Å²) < 4.78 is 26.3. The minimum absolute atomic E-state index is 0.254. The van der Waals surface area contributed by atoms with Gasteiger partial charge in [-0.25, -0.2) is 13.6 Å². The average Bonchev–Trinajstić information content (AvgIpc) is 2.82. The van der Waals surface area contributed by atoms with Crippen LogP contribution in [0, 0.1) is 17.6 Å². The van der Waals surface area contributed by atoms with Crippen LogP contribution in [0.1, 0.15) is 19.3 Å². The molecular weight excluding hydrogens is 270 g/mol. The number of urea groups is 1. The largest absolute Gasteiger partial charge is 0.481 e. The lowest BCUT2D eigenvalue weighted by molar-refractivity contribution is -0.141. The van der Waals surface area contributed by atoms with Crippen molar-refractivity contribution in [2.45, 2.75) is 25.3 Å². The van der Waals surface area contributed by atoms with Crippen molar-refractivity contribution < 1.29 is 23.5 Å². The number of benzene rings is 1. The van der Waals surface area contributed by atoms with E-state index in [2.05, 4.69) is 10.6 Å². The molecule has 20 heavy (non-hydrogen) atoms. The van der Waals surface area contributed by atoms with Crippen LogP contribution in [0.5, 0.6) is 0 Å². The average molecular weight is 284 g/mol. The molecule has 1 saturated carbocycles. The van der Waals surface area contributed by atoms with Crippen molar-refractivity contribution in [3.8, 4) is 0 Å². The smallest absolute Gasteiger partial charge is 0.319 e. The standard InChI is InChI=1S/C13H14F2N2O3/c14-8-2-4-10(15)11(6-8)17-13(20)16-9-3-1-7(5-9)12(18)19/h2,4,6-7,9H,1,3,5H2,(H,18,19)(H2,16,17,20)/t7-,9+/m1/s1. The number of nitrogens with one attached hydrogen (secondary N) is 2. The number of anilines is 1. The SMILES string of the molecule is O=C(Nc1cc(F)ccc1F)N[C@H]1CC[C@@H](C(=O)O)C1. The predicted molar refractivity (Wildman–Crippen MR) is 67.3 cm³/mol. The number of carboxylic acid groups (broad SMARTS) is 1. The molecular formula is C13H14F2N2O3. The molecule has 1 aliphatic carbocycles. The number of halogens is 2. The summed E-state index contributed by atoms with van der Waals surface area (Å²) in [6.07, 6.45) is 1.39. The summed E-state index contributed by atoms with van der Waals surface area (Å²) in [5.41, 5.74) is -0.254. The van der Waals surface area contributed by atoms with E-state index in [1.54, 1.807) is 0 Å². The lowest BCUT2D eigenvalue weighted by Gasteiger charge is -2.13. The fourth-order valence-corrected chi connectivity index (χ4v) is 2.27. The van der Waals surface area contributed by atoms with E-state index in [1.807, 2.05) is 0 Å². The van der Waals surface area contributed by atoms with Gasteiger partial charge in [-0.05, 0) is 31.4 Å². The van der Waals surface area contributed by atoms with Crippen molar-refractivity contribution in [1.29, 1.82) is 0 Å². The molecule has 1 aromatic carbocycles. The van der Waals surface area contributed by atoms with Crippen LogP contribution in [0.15, 0.2) is 18.2 Å². The molecule has 1 fully saturated rings. The zero-order chi connectivity index (χ0) is 14.7. The molecule has 7 heteroatoms. The summed E-state index contributed by atoms with van der Waals surface area (Å²) in [5, 5.41) is 13.6.